The van der Waals surface area contributed by atoms with E-state index in [2.05, 4.69) is 45.9 Å². The second kappa shape index (κ2) is 12.1. The fourth-order valence-corrected chi connectivity index (χ4v) is 3.89. The number of nitrogens with zero attached hydrogens (tertiary/aromatic N) is 4. The highest BCUT2D eigenvalue weighted by atomic mass is 79.9. The largest absolute Gasteiger partial charge is 0.507 e. The van der Waals surface area contributed by atoms with E-state index < -0.39 is 11.9 Å². The molecule has 0 fully saturated rings. The average Bonchev–Trinajstić information content (AvgIpc) is 2.96. The van der Waals surface area contributed by atoms with Gasteiger partial charge in [-0.05, 0) is 87.7 Å². The van der Waals surface area contributed by atoms with E-state index in [0.29, 0.717) is 27.2 Å². The smallest absolute Gasteiger partial charge is 0.341 e. The zero-order valence-electron chi connectivity index (χ0n) is 20.7. The molecular formula is C28H21BrN4O6. The predicted molar refractivity (Wildman–Crippen MR) is 147 cm³/mol. The first-order valence-corrected chi connectivity index (χ1v) is 12.1. The van der Waals surface area contributed by atoms with Crippen molar-refractivity contribution in [2.75, 3.05) is 14.2 Å². The summed E-state index contributed by atoms with van der Waals surface area (Å²) in [6, 6.07) is 21.5. The van der Waals surface area contributed by atoms with Crippen molar-refractivity contribution in [2.24, 2.45) is 20.5 Å². The fraction of sp³-hybridized carbons (Fsp3) is 0.0714. The number of halogens is 1. The summed E-state index contributed by atoms with van der Waals surface area (Å²) >= 11 is 3.52. The third-order valence-electron chi connectivity index (χ3n) is 5.47. The van der Waals surface area contributed by atoms with Crippen LogP contribution in [0.3, 0.4) is 0 Å². The predicted octanol–water partition coefficient (Wildman–Crippen LogP) is 7.93. The van der Waals surface area contributed by atoms with Crippen LogP contribution in [0.15, 0.2) is 104 Å². The Morgan fingerprint density at radius 2 is 1.08 bits per heavy atom. The number of phenols is 2. The Bertz CT molecular complexity index is 1600. The van der Waals surface area contributed by atoms with Crippen molar-refractivity contribution >= 4 is 50.6 Å². The molecule has 0 saturated heterocycles. The summed E-state index contributed by atoms with van der Waals surface area (Å²) in [6.45, 7) is 0. The summed E-state index contributed by atoms with van der Waals surface area (Å²) in [5, 5.41) is 36.4. The van der Waals surface area contributed by atoms with Crippen LogP contribution < -0.4 is 0 Å². The zero-order valence-corrected chi connectivity index (χ0v) is 22.3. The first kappa shape index (κ1) is 27.1. The summed E-state index contributed by atoms with van der Waals surface area (Å²) in [5.74, 6) is -1.74. The molecule has 0 aliphatic heterocycles. The van der Waals surface area contributed by atoms with E-state index >= 15 is 0 Å². The Balaban J connectivity index is 1.48. The van der Waals surface area contributed by atoms with Gasteiger partial charge in [-0.1, -0.05) is 18.2 Å². The third kappa shape index (κ3) is 6.51. The molecule has 39 heavy (non-hydrogen) atoms. The van der Waals surface area contributed by atoms with Gasteiger partial charge in [-0.15, -0.1) is 5.11 Å². The minimum atomic E-state index is -0.671. The Labute approximate surface area is 231 Å². The maximum atomic E-state index is 11.8. The molecule has 196 valence electrons. The number of ether oxygens (including phenoxy) is 2. The van der Waals surface area contributed by atoms with Gasteiger partial charge in [0.15, 0.2) is 0 Å². The molecule has 4 rings (SSSR count). The molecule has 0 aliphatic carbocycles. The Morgan fingerprint density at radius 3 is 1.59 bits per heavy atom. The molecule has 0 heterocycles. The van der Waals surface area contributed by atoms with Gasteiger partial charge in [-0.25, -0.2) is 9.59 Å². The van der Waals surface area contributed by atoms with Crippen molar-refractivity contribution in [2.45, 2.75) is 0 Å². The molecule has 4 aromatic carbocycles. The summed E-state index contributed by atoms with van der Waals surface area (Å²) in [6.07, 6.45) is 0. The van der Waals surface area contributed by atoms with Crippen LogP contribution in [0.1, 0.15) is 20.7 Å². The number of hydrogen-bond acceptors (Lipinski definition) is 10. The van der Waals surface area contributed by atoms with Gasteiger partial charge in [-0.2, -0.15) is 15.3 Å². The minimum Gasteiger partial charge on any atom is -0.507 e. The van der Waals surface area contributed by atoms with Crippen LogP contribution in [0, 0.1) is 0 Å². The molecule has 0 aliphatic rings. The van der Waals surface area contributed by atoms with Crippen LogP contribution >= 0.6 is 15.9 Å². The number of benzene rings is 4. The van der Waals surface area contributed by atoms with E-state index in [-0.39, 0.29) is 22.6 Å². The molecule has 0 aromatic heterocycles. The van der Waals surface area contributed by atoms with Crippen LogP contribution in [0.4, 0.5) is 22.7 Å². The maximum Gasteiger partial charge on any atom is 0.341 e. The molecule has 2 N–H and O–H groups in total. The number of aromatic hydroxyl groups is 2. The third-order valence-corrected chi connectivity index (χ3v) is 6.11. The molecule has 0 spiro atoms. The fourth-order valence-electron chi connectivity index (χ4n) is 3.43. The highest BCUT2D eigenvalue weighted by Crippen LogP contribution is 2.34. The van der Waals surface area contributed by atoms with Crippen LogP contribution in [-0.4, -0.2) is 36.4 Å². The number of azo groups is 2. The average molecular weight is 589 g/mol. The Hall–Kier alpha value is -4.90. The van der Waals surface area contributed by atoms with E-state index in [4.69, 9.17) is 0 Å². The van der Waals surface area contributed by atoms with Gasteiger partial charge < -0.3 is 19.7 Å². The minimum absolute atomic E-state index is 0.000329. The summed E-state index contributed by atoms with van der Waals surface area (Å²) in [7, 11) is 2.46. The summed E-state index contributed by atoms with van der Waals surface area (Å²) in [5.41, 5.74) is 3.78. The molecule has 0 bridgehead atoms. The normalized spacial score (nSPS) is 11.2. The lowest BCUT2D eigenvalue weighted by molar-refractivity contribution is 0.0588. The Kier molecular flexibility index (Phi) is 8.42. The standard InChI is InChI=1S/C28H21BrN4O6/c1-38-27(36)21-14-19(8-11-25(21)34)31-30-18-6-3-16(4-7-18)17-5-10-24(23(29)13-17)33-32-20-9-12-26(35)22(15-20)28(37)39-2/h3-15,34-35H,1-2H3. The van der Waals surface area contributed by atoms with E-state index in [1.54, 1.807) is 18.2 Å². The second-order valence-electron chi connectivity index (χ2n) is 8.00. The zero-order chi connectivity index (χ0) is 27.9. The number of hydrogen-bond donors (Lipinski definition) is 2. The number of rotatable bonds is 7. The number of esters is 2. The molecule has 11 heteroatoms. The lowest BCUT2D eigenvalue weighted by atomic mass is 10.1. The van der Waals surface area contributed by atoms with Crippen LogP contribution in [-0.2, 0) is 9.47 Å². The first-order chi connectivity index (χ1) is 18.8. The number of carbonyl (C=O) groups is 2. The van der Waals surface area contributed by atoms with Crippen molar-refractivity contribution in [1.29, 1.82) is 0 Å². The van der Waals surface area contributed by atoms with Crippen LogP contribution in [0.5, 0.6) is 11.5 Å². The van der Waals surface area contributed by atoms with Crippen molar-refractivity contribution in [1.82, 2.24) is 0 Å². The molecule has 10 nitrogen and oxygen atoms in total. The first-order valence-electron chi connectivity index (χ1n) is 11.3. The van der Waals surface area contributed by atoms with E-state index in [1.807, 2.05) is 24.3 Å². The summed E-state index contributed by atoms with van der Waals surface area (Å²) < 4.78 is 10.0. The van der Waals surface area contributed by atoms with Crippen molar-refractivity contribution in [3.8, 4) is 22.6 Å². The lowest BCUT2D eigenvalue weighted by Crippen LogP contribution is -2.00. The van der Waals surface area contributed by atoms with Crippen LogP contribution in [0.25, 0.3) is 11.1 Å². The van der Waals surface area contributed by atoms with Crippen molar-refractivity contribution in [3.05, 3.63) is 94.5 Å². The monoisotopic (exact) mass is 588 g/mol. The van der Waals surface area contributed by atoms with Gasteiger partial charge in [0.05, 0.1) is 37.0 Å². The van der Waals surface area contributed by atoms with Gasteiger partial charge in [-0.3, -0.25) is 0 Å². The van der Waals surface area contributed by atoms with Gasteiger partial charge in [0.25, 0.3) is 0 Å². The quantitative estimate of drug-likeness (QED) is 0.166. The topological polar surface area (TPSA) is 142 Å². The van der Waals surface area contributed by atoms with Crippen molar-refractivity contribution in [3.63, 3.8) is 0 Å². The van der Waals surface area contributed by atoms with Gasteiger partial charge in [0, 0.05) is 4.47 Å². The van der Waals surface area contributed by atoms with E-state index in [9.17, 15) is 19.8 Å². The van der Waals surface area contributed by atoms with Gasteiger partial charge >= 0.3 is 11.9 Å². The van der Waals surface area contributed by atoms with Crippen LogP contribution in [0.2, 0.25) is 0 Å². The number of methoxy groups -OCH3 is 2. The SMILES string of the molecule is COC(=O)c1cc(N=Nc2ccc(-c3ccc(N=Nc4ccc(O)c(C(=O)OC)c4)c(Br)c3)cc2)ccc1O. The highest BCUT2D eigenvalue weighted by molar-refractivity contribution is 9.10. The summed E-state index contributed by atoms with van der Waals surface area (Å²) in [4.78, 5) is 23.5. The lowest BCUT2D eigenvalue weighted by Gasteiger charge is -2.05. The number of phenolic OH excluding ortho intramolecular Hbond substituents is 2. The van der Waals surface area contributed by atoms with E-state index in [1.165, 1.54) is 50.6 Å². The van der Waals surface area contributed by atoms with E-state index in [0.717, 1.165) is 11.1 Å². The maximum absolute atomic E-state index is 11.8. The highest BCUT2D eigenvalue weighted by Gasteiger charge is 2.13. The van der Waals surface area contributed by atoms with Gasteiger partial charge in [0.1, 0.15) is 22.6 Å². The number of carbonyl (C=O) groups excluding carboxylic acids is 2. The molecule has 0 radical (unpaired) electrons. The molecular weight excluding hydrogens is 568 g/mol. The molecule has 0 atom stereocenters. The molecule has 4 aromatic rings. The Morgan fingerprint density at radius 1 is 0.615 bits per heavy atom. The molecule has 0 saturated carbocycles. The second-order valence-corrected chi connectivity index (χ2v) is 8.85. The van der Waals surface area contributed by atoms with Gasteiger partial charge in [0.2, 0.25) is 0 Å². The molecule has 0 unspecified atom stereocenters. The molecule has 0 amide bonds. The van der Waals surface area contributed by atoms with Crippen molar-refractivity contribution < 1.29 is 29.3 Å².